The van der Waals surface area contributed by atoms with E-state index in [-0.39, 0.29) is 41.6 Å². The number of aliphatic imine (C=N–C) groups is 1. The van der Waals surface area contributed by atoms with E-state index in [4.69, 9.17) is 4.74 Å². The number of rotatable bonds is 9. The Bertz CT molecular complexity index is 678. The molecule has 0 spiro atoms. The van der Waals surface area contributed by atoms with E-state index in [0.29, 0.717) is 19.0 Å². The van der Waals surface area contributed by atoms with Crippen molar-refractivity contribution in [2.45, 2.75) is 46.8 Å². The number of sulfone groups is 1. The smallest absolute Gasteiger partial charge is 0.191 e. The topological polar surface area (TPSA) is 79.8 Å². The molecule has 1 unspecified atom stereocenters. The molecule has 1 aromatic rings. The molecule has 0 saturated heterocycles. The standard InChI is InChI=1S/C18H31N3O3S.HI/c1-6-15(4)24-17-12-14(3)8-9-16(17)13-21-18(19-5)20-10-11-25(22,23)7-2;/h8-9,12,15H,6-7,10-11,13H2,1-5H3,(H2,19,20,21);1H. The van der Waals surface area contributed by atoms with E-state index in [0.717, 1.165) is 23.3 Å². The van der Waals surface area contributed by atoms with Crippen LogP contribution in [0.2, 0.25) is 0 Å². The number of halogens is 1. The third-order valence-corrected chi connectivity index (χ3v) is 5.65. The predicted molar refractivity (Wildman–Crippen MR) is 120 cm³/mol. The van der Waals surface area contributed by atoms with Crippen LogP contribution in [0, 0.1) is 6.92 Å². The van der Waals surface area contributed by atoms with E-state index in [1.807, 2.05) is 32.0 Å². The summed E-state index contributed by atoms with van der Waals surface area (Å²) in [7, 11) is -1.32. The van der Waals surface area contributed by atoms with Crippen molar-refractivity contribution in [3.05, 3.63) is 29.3 Å². The fourth-order valence-electron chi connectivity index (χ4n) is 2.09. The van der Waals surface area contributed by atoms with E-state index in [1.165, 1.54) is 0 Å². The second-order valence-electron chi connectivity index (χ2n) is 6.04. The summed E-state index contributed by atoms with van der Waals surface area (Å²) < 4.78 is 29.1. The Morgan fingerprint density at radius 3 is 2.54 bits per heavy atom. The lowest BCUT2D eigenvalue weighted by Gasteiger charge is -2.18. The van der Waals surface area contributed by atoms with Gasteiger partial charge in [0.1, 0.15) is 5.75 Å². The number of guanidine groups is 1. The van der Waals surface area contributed by atoms with E-state index in [2.05, 4.69) is 22.5 Å². The molecule has 0 aliphatic rings. The largest absolute Gasteiger partial charge is 0.490 e. The Hall–Kier alpha value is -1.03. The first-order valence-corrected chi connectivity index (χ1v) is 10.5. The summed E-state index contributed by atoms with van der Waals surface area (Å²) in [5.41, 5.74) is 2.18. The van der Waals surface area contributed by atoms with E-state index >= 15 is 0 Å². The van der Waals surface area contributed by atoms with Gasteiger partial charge in [-0.1, -0.05) is 26.0 Å². The third-order valence-electron chi connectivity index (χ3n) is 3.94. The van der Waals surface area contributed by atoms with Gasteiger partial charge in [-0.05, 0) is 31.9 Å². The molecule has 6 nitrogen and oxygen atoms in total. The maximum absolute atomic E-state index is 11.5. The van der Waals surface area contributed by atoms with E-state index in [9.17, 15) is 8.42 Å². The highest BCUT2D eigenvalue weighted by Crippen LogP contribution is 2.22. The highest BCUT2D eigenvalue weighted by molar-refractivity contribution is 14.0. The number of hydrogen-bond donors (Lipinski definition) is 2. The molecule has 0 aromatic heterocycles. The lowest BCUT2D eigenvalue weighted by atomic mass is 10.1. The second-order valence-corrected chi connectivity index (χ2v) is 8.51. The molecule has 1 rings (SSSR count). The molecule has 2 N–H and O–H groups in total. The minimum atomic E-state index is -2.98. The maximum atomic E-state index is 11.5. The van der Waals surface area contributed by atoms with Crippen LogP contribution < -0.4 is 15.4 Å². The van der Waals surface area contributed by atoms with E-state index < -0.39 is 9.84 Å². The van der Waals surface area contributed by atoms with Crippen molar-refractivity contribution in [2.75, 3.05) is 25.1 Å². The summed E-state index contributed by atoms with van der Waals surface area (Å²) >= 11 is 0. The minimum Gasteiger partial charge on any atom is -0.490 e. The second kappa shape index (κ2) is 12.4. The van der Waals surface area contributed by atoms with Gasteiger partial charge in [-0.2, -0.15) is 0 Å². The summed E-state index contributed by atoms with van der Waals surface area (Å²) in [6, 6.07) is 6.12. The molecule has 0 heterocycles. The van der Waals surface area contributed by atoms with Crippen molar-refractivity contribution >= 4 is 39.8 Å². The first-order chi connectivity index (χ1) is 11.8. The highest BCUT2D eigenvalue weighted by Gasteiger charge is 2.10. The summed E-state index contributed by atoms with van der Waals surface area (Å²) in [6.07, 6.45) is 1.09. The first-order valence-electron chi connectivity index (χ1n) is 8.72. The van der Waals surface area contributed by atoms with Gasteiger partial charge in [0.25, 0.3) is 0 Å². The monoisotopic (exact) mass is 497 g/mol. The number of ether oxygens (including phenoxy) is 1. The van der Waals surface area contributed by atoms with Gasteiger partial charge in [0.05, 0.1) is 11.9 Å². The molecule has 0 fully saturated rings. The normalized spacial score (nSPS) is 12.9. The predicted octanol–water partition coefficient (Wildman–Crippen LogP) is 2.89. The Kier molecular flexibility index (Phi) is 11.9. The van der Waals surface area contributed by atoms with Crippen LogP contribution in [0.25, 0.3) is 0 Å². The van der Waals surface area contributed by atoms with Crippen LogP contribution in [0.15, 0.2) is 23.2 Å². The average molecular weight is 497 g/mol. The highest BCUT2D eigenvalue weighted by atomic mass is 127. The van der Waals surface area contributed by atoms with Crippen molar-refractivity contribution in [3.8, 4) is 5.75 Å². The van der Waals surface area contributed by atoms with Crippen LogP contribution >= 0.6 is 24.0 Å². The molecule has 0 aliphatic carbocycles. The van der Waals surface area contributed by atoms with Gasteiger partial charge in [-0.3, -0.25) is 4.99 Å². The number of nitrogens with zero attached hydrogens (tertiary/aromatic N) is 1. The number of hydrogen-bond acceptors (Lipinski definition) is 4. The van der Waals surface area contributed by atoms with Gasteiger partial charge in [-0.15, -0.1) is 24.0 Å². The molecule has 0 bridgehead atoms. The van der Waals surface area contributed by atoms with Crippen molar-refractivity contribution in [1.82, 2.24) is 10.6 Å². The van der Waals surface area contributed by atoms with Gasteiger partial charge in [0.2, 0.25) is 0 Å². The molecule has 1 aromatic carbocycles. The zero-order valence-corrected chi connectivity index (χ0v) is 19.5. The molecule has 26 heavy (non-hydrogen) atoms. The summed E-state index contributed by atoms with van der Waals surface area (Å²) in [4.78, 5) is 4.13. The Labute approximate surface area is 175 Å². The van der Waals surface area contributed by atoms with Crippen LogP contribution in [0.3, 0.4) is 0 Å². The quantitative estimate of drug-likeness (QED) is 0.312. The first kappa shape index (κ1) is 25.0. The van der Waals surface area contributed by atoms with Crippen molar-refractivity contribution in [1.29, 1.82) is 0 Å². The minimum absolute atomic E-state index is 0. The van der Waals surface area contributed by atoms with Gasteiger partial charge in [-0.25, -0.2) is 8.42 Å². The molecular weight excluding hydrogens is 465 g/mol. The molecule has 0 amide bonds. The SMILES string of the molecule is CCC(C)Oc1cc(C)ccc1CNC(=NC)NCCS(=O)(=O)CC.I. The fraction of sp³-hybridized carbons (Fsp3) is 0.611. The van der Waals surface area contributed by atoms with Gasteiger partial charge < -0.3 is 15.4 Å². The number of benzene rings is 1. The fourth-order valence-corrected chi connectivity index (χ4v) is 2.79. The number of nitrogens with one attached hydrogen (secondary N) is 2. The van der Waals surface area contributed by atoms with Gasteiger partial charge in [0, 0.05) is 31.5 Å². The zero-order valence-electron chi connectivity index (χ0n) is 16.3. The van der Waals surface area contributed by atoms with Crippen molar-refractivity contribution < 1.29 is 13.2 Å². The van der Waals surface area contributed by atoms with Crippen LogP contribution in [0.5, 0.6) is 5.75 Å². The zero-order chi connectivity index (χ0) is 18.9. The molecule has 8 heteroatoms. The molecule has 0 radical (unpaired) electrons. The van der Waals surface area contributed by atoms with Crippen LogP contribution in [0.1, 0.15) is 38.3 Å². The maximum Gasteiger partial charge on any atom is 0.191 e. The third kappa shape index (κ3) is 9.07. The van der Waals surface area contributed by atoms with Gasteiger partial charge in [0.15, 0.2) is 15.8 Å². The van der Waals surface area contributed by atoms with Crippen molar-refractivity contribution in [2.24, 2.45) is 4.99 Å². The van der Waals surface area contributed by atoms with Crippen molar-refractivity contribution in [3.63, 3.8) is 0 Å². The summed E-state index contributed by atoms with van der Waals surface area (Å²) in [6.45, 7) is 8.71. The van der Waals surface area contributed by atoms with Crippen LogP contribution in [0.4, 0.5) is 0 Å². The van der Waals surface area contributed by atoms with Crippen LogP contribution in [-0.4, -0.2) is 45.6 Å². The number of aryl methyl sites for hydroxylation is 1. The summed E-state index contributed by atoms with van der Waals surface area (Å²) in [5.74, 6) is 1.68. The lowest BCUT2D eigenvalue weighted by Crippen LogP contribution is -2.39. The van der Waals surface area contributed by atoms with Gasteiger partial charge >= 0.3 is 0 Å². The molecule has 150 valence electrons. The molecule has 1 atom stereocenters. The Balaban J connectivity index is 0.00000625. The Morgan fingerprint density at radius 2 is 1.96 bits per heavy atom. The lowest BCUT2D eigenvalue weighted by molar-refractivity contribution is 0.215. The summed E-state index contributed by atoms with van der Waals surface area (Å²) in [5, 5.41) is 6.24. The van der Waals surface area contributed by atoms with Crippen LogP contribution in [-0.2, 0) is 16.4 Å². The molecule has 0 saturated carbocycles. The average Bonchev–Trinajstić information content (AvgIpc) is 2.59. The Morgan fingerprint density at radius 1 is 1.27 bits per heavy atom. The molecular formula is C18H32IN3O3S. The molecule has 0 aliphatic heterocycles. The van der Waals surface area contributed by atoms with E-state index in [1.54, 1.807) is 14.0 Å².